The smallest absolute Gasteiger partial charge is 0.269 e. The third kappa shape index (κ3) is 2.57. The van der Waals surface area contributed by atoms with Crippen molar-refractivity contribution in [2.24, 2.45) is 0 Å². The maximum Gasteiger partial charge on any atom is 0.269 e. The van der Waals surface area contributed by atoms with Crippen molar-refractivity contribution in [1.82, 2.24) is 9.55 Å². The van der Waals surface area contributed by atoms with Gasteiger partial charge in [-0.05, 0) is 62.4 Å². The van der Waals surface area contributed by atoms with Crippen LogP contribution in [0.25, 0.3) is 28.0 Å². The zero-order valence-electron chi connectivity index (χ0n) is 14.3. The molecule has 26 heavy (non-hydrogen) atoms. The Balaban J connectivity index is 2.16. The van der Waals surface area contributed by atoms with E-state index < -0.39 is 0 Å². The molecule has 0 aliphatic rings. The van der Waals surface area contributed by atoms with Crippen molar-refractivity contribution < 1.29 is 4.42 Å². The largest absolute Gasteiger partial charge is 0.461 e. The van der Waals surface area contributed by atoms with Gasteiger partial charge in [-0.15, -0.1) is 0 Å². The molecule has 0 bridgehead atoms. The van der Waals surface area contributed by atoms with E-state index in [1.54, 1.807) is 41.0 Å². The number of anilines is 1. The zero-order chi connectivity index (χ0) is 18.4. The third-order valence-electron chi connectivity index (χ3n) is 4.27. The first-order chi connectivity index (χ1) is 12.5. The summed E-state index contributed by atoms with van der Waals surface area (Å²) >= 11 is 6.00. The number of furan rings is 1. The number of hydrogen-bond donors (Lipinski definition) is 1. The summed E-state index contributed by atoms with van der Waals surface area (Å²) in [6, 6.07) is 14.3. The van der Waals surface area contributed by atoms with Gasteiger partial charge in [0.2, 0.25) is 0 Å². The molecule has 0 radical (unpaired) electrons. The Hall–Kier alpha value is -3.05. The van der Waals surface area contributed by atoms with Crippen LogP contribution in [0.2, 0.25) is 5.02 Å². The Morgan fingerprint density at radius 1 is 1.04 bits per heavy atom. The topological polar surface area (TPSA) is 74.0 Å². The molecule has 5 nitrogen and oxygen atoms in total. The zero-order valence-corrected chi connectivity index (χ0v) is 15.0. The number of nitrogen functional groups attached to an aromatic ring is 1. The Labute approximate surface area is 154 Å². The molecule has 0 fully saturated rings. The number of pyridine rings is 2. The molecule has 4 rings (SSSR count). The minimum absolute atomic E-state index is 0.287. The van der Waals surface area contributed by atoms with E-state index in [0.717, 1.165) is 5.69 Å². The molecule has 0 spiro atoms. The Morgan fingerprint density at radius 2 is 1.77 bits per heavy atom. The van der Waals surface area contributed by atoms with E-state index in [2.05, 4.69) is 4.98 Å². The van der Waals surface area contributed by atoms with Crippen molar-refractivity contribution in [3.63, 3.8) is 0 Å². The van der Waals surface area contributed by atoms with Gasteiger partial charge in [0.1, 0.15) is 22.7 Å². The molecule has 0 saturated heterocycles. The van der Waals surface area contributed by atoms with Gasteiger partial charge in [-0.25, -0.2) is 4.98 Å². The fourth-order valence-corrected chi connectivity index (χ4v) is 3.14. The summed E-state index contributed by atoms with van der Waals surface area (Å²) in [6.07, 6.45) is 0. The highest BCUT2D eigenvalue weighted by Gasteiger charge is 2.20. The van der Waals surface area contributed by atoms with Gasteiger partial charge < -0.3 is 10.2 Å². The SMILES string of the molecule is Cc1ccc2c(N)c(-c3ccc(C)o3)c(=O)n(-c3ccc(Cl)cc3)c2n1. The van der Waals surface area contributed by atoms with Crippen molar-refractivity contribution in [2.45, 2.75) is 13.8 Å². The molecule has 0 saturated carbocycles. The van der Waals surface area contributed by atoms with Crippen LogP contribution in [0.15, 0.2) is 57.7 Å². The van der Waals surface area contributed by atoms with Gasteiger partial charge >= 0.3 is 0 Å². The van der Waals surface area contributed by atoms with Crippen LogP contribution in [0.5, 0.6) is 0 Å². The average Bonchev–Trinajstić information content (AvgIpc) is 3.02. The average molecular weight is 366 g/mol. The predicted molar refractivity (Wildman–Crippen MR) is 104 cm³/mol. The molecule has 0 atom stereocenters. The molecule has 4 aromatic rings. The van der Waals surface area contributed by atoms with Crippen molar-refractivity contribution in [1.29, 1.82) is 0 Å². The normalized spacial score (nSPS) is 11.2. The highest BCUT2D eigenvalue weighted by Crippen LogP contribution is 2.31. The number of benzene rings is 1. The molecule has 0 aliphatic carbocycles. The van der Waals surface area contributed by atoms with Crippen LogP contribution in [0.4, 0.5) is 5.69 Å². The first-order valence-corrected chi connectivity index (χ1v) is 8.48. The van der Waals surface area contributed by atoms with Gasteiger partial charge in [0.25, 0.3) is 5.56 Å². The maximum absolute atomic E-state index is 13.4. The van der Waals surface area contributed by atoms with Crippen molar-refractivity contribution in [2.75, 3.05) is 5.73 Å². The third-order valence-corrected chi connectivity index (χ3v) is 4.53. The summed E-state index contributed by atoms with van der Waals surface area (Å²) in [5, 5.41) is 1.28. The number of fused-ring (bicyclic) bond motifs is 1. The molecule has 3 heterocycles. The number of aryl methyl sites for hydroxylation is 2. The Bertz CT molecular complexity index is 1190. The fraction of sp³-hybridized carbons (Fsp3) is 0.100. The molecule has 0 aliphatic heterocycles. The standard InChI is InChI=1S/C20H16ClN3O2/c1-11-3-9-15-18(22)17(16-10-4-12(2)26-16)20(25)24(19(15)23-11)14-7-5-13(21)6-8-14/h3-10H,22H2,1-2H3. The van der Waals surface area contributed by atoms with E-state index in [0.29, 0.717) is 44.5 Å². The lowest BCUT2D eigenvalue weighted by Gasteiger charge is -2.15. The summed E-state index contributed by atoms with van der Waals surface area (Å²) in [6.45, 7) is 3.69. The monoisotopic (exact) mass is 365 g/mol. The molecule has 1 aromatic carbocycles. The number of aromatic nitrogens is 2. The fourth-order valence-electron chi connectivity index (χ4n) is 3.02. The minimum atomic E-state index is -0.287. The van der Waals surface area contributed by atoms with Crippen LogP contribution in [-0.4, -0.2) is 9.55 Å². The highest BCUT2D eigenvalue weighted by molar-refractivity contribution is 6.30. The van der Waals surface area contributed by atoms with Crippen LogP contribution in [0, 0.1) is 13.8 Å². The number of rotatable bonds is 2. The second-order valence-corrected chi connectivity index (χ2v) is 6.58. The van der Waals surface area contributed by atoms with Crippen molar-refractivity contribution in [3.8, 4) is 17.0 Å². The summed E-state index contributed by atoms with van der Waals surface area (Å²) in [5.41, 5.74) is 8.70. The van der Waals surface area contributed by atoms with Gasteiger partial charge in [0, 0.05) is 16.1 Å². The van der Waals surface area contributed by atoms with E-state index in [1.807, 2.05) is 26.0 Å². The first-order valence-electron chi connectivity index (χ1n) is 8.10. The molecule has 0 unspecified atom stereocenters. The number of halogens is 1. The van der Waals surface area contributed by atoms with Gasteiger partial charge in [0.15, 0.2) is 0 Å². The van der Waals surface area contributed by atoms with Crippen LogP contribution in [-0.2, 0) is 0 Å². The van der Waals surface area contributed by atoms with E-state index in [4.69, 9.17) is 21.8 Å². The molecule has 2 N–H and O–H groups in total. The Morgan fingerprint density at radius 3 is 2.42 bits per heavy atom. The molecule has 130 valence electrons. The quantitative estimate of drug-likeness (QED) is 0.567. The van der Waals surface area contributed by atoms with E-state index in [9.17, 15) is 4.79 Å². The van der Waals surface area contributed by atoms with E-state index in [-0.39, 0.29) is 5.56 Å². The lowest BCUT2D eigenvalue weighted by molar-refractivity contribution is 0.547. The number of hydrogen-bond acceptors (Lipinski definition) is 4. The molecular formula is C20H16ClN3O2. The van der Waals surface area contributed by atoms with Gasteiger partial charge in [-0.2, -0.15) is 0 Å². The lowest BCUT2D eigenvalue weighted by Crippen LogP contribution is -2.23. The second-order valence-electron chi connectivity index (χ2n) is 6.14. The first kappa shape index (κ1) is 16.4. The molecule has 0 amide bonds. The van der Waals surface area contributed by atoms with Crippen LogP contribution < -0.4 is 11.3 Å². The molecular weight excluding hydrogens is 350 g/mol. The van der Waals surface area contributed by atoms with Gasteiger partial charge in [-0.1, -0.05) is 11.6 Å². The second kappa shape index (κ2) is 6.04. The van der Waals surface area contributed by atoms with Gasteiger partial charge in [-0.3, -0.25) is 9.36 Å². The number of nitrogens with zero attached hydrogens (tertiary/aromatic N) is 2. The number of nitrogens with two attached hydrogens (primary N) is 1. The van der Waals surface area contributed by atoms with Crippen molar-refractivity contribution >= 4 is 28.3 Å². The predicted octanol–water partition coefficient (Wildman–Crippen LogP) is 4.50. The van der Waals surface area contributed by atoms with Gasteiger partial charge in [0.05, 0.1) is 11.4 Å². The van der Waals surface area contributed by atoms with Crippen LogP contribution >= 0.6 is 11.6 Å². The summed E-state index contributed by atoms with van der Waals surface area (Å²) in [7, 11) is 0. The summed E-state index contributed by atoms with van der Waals surface area (Å²) in [5.74, 6) is 1.15. The van der Waals surface area contributed by atoms with Crippen LogP contribution in [0.3, 0.4) is 0 Å². The minimum Gasteiger partial charge on any atom is -0.461 e. The summed E-state index contributed by atoms with van der Waals surface area (Å²) in [4.78, 5) is 17.9. The van der Waals surface area contributed by atoms with E-state index >= 15 is 0 Å². The maximum atomic E-state index is 13.4. The summed E-state index contributed by atoms with van der Waals surface area (Å²) < 4.78 is 7.22. The lowest BCUT2D eigenvalue weighted by atomic mass is 10.1. The Kier molecular flexibility index (Phi) is 3.81. The van der Waals surface area contributed by atoms with E-state index in [1.165, 1.54) is 0 Å². The van der Waals surface area contributed by atoms with Crippen LogP contribution in [0.1, 0.15) is 11.5 Å². The van der Waals surface area contributed by atoms with Crippen molar-refractivity contribution in [3.05, 3.63) is 75.4 Å². The molecule has 3 aromatic heterocycles. The molecule has 6 heteroatoms. The highest BCUT2D eigenvalue weighted by atomic mass is 35.5.